The Bertz CT molecular complexity index is 3400. The first-order chi connectivity index (χ1) is 28.8. The van der Waals surface area contributed by atoms with Crippen LogP contribution in [0.5, 0.6) is 0 Å². The molecule has 0 N–H and O–H groups in total. The number of rotatable bonds is 4. The molecule has 0 unspecified atom stereocenters. The zero-order valence-electron chi connectivity index (χ0n) is 31.5. The van der Waals surface area contributed by atoms with Crippen LogP contribution in [0.15, 0.2) is 182 Å². The molecule has 0 aliphatic heterocycles. The summed E-state index contributed by atoms with van der Waals surface area (Å²) in [5.74, 6) is 2.04. The summed E-state index contributed by atoms with van der Waals surface area (Å²) in [4.78, 5) is 15.5. The maximum Gasteiger partial charge on any atom is 0.164 e. The fourth-order valence-electron chi connectivity index (χ4n) is 10.6. The molecule has 4 nitrogen and oxygen atoms in total. The number of hydrogen-bond donors (Lipinski definition) is 0. The lowest BCUT2D eigenvalue weighted by Gasteiger charge is -2.31. The minimum absolute atomic E-state index is 0.439. The topological polar surface area (TPSA) is 43.6 Å². The van der Waals surface area contributed by atoms with Crippen molar-refractivity contribution in [3.8, 4) is 39.6 Å². The maximum atomic E-state index is 5.23. The number of para-hydroxylation sites is 1. The molecule has 4 heteroatoms. The number of hydrogen-bond acceptors (Lipinski definition) is 3. The van der Waals surface area contributed by atoms with Crippen LogP contribution in [0.4, 0.5) is 0 Å². The van der Waals surface area contributed by atoms with Crippen LogP contribution in [0.1, 0.15) is 40.9 Å². The van der Waals surface area contributed by atoms with E-state index in [1.807, 2.05) is 18.2 Å². The average molecular weight is 739 g/mol. The zero-order chi connectivity index (χ0) is 38.0. The molecule has 2 aromatic heterocycles. The van der Waals surface area contributed by atoms with Gasteiger partial charge in [0.25, 0.3) is 0 Å². The number of benzene rings is 8. The Balaban J connectivity index is 1.10. The Morgan fingerprint density at radius 1 is 0.448 bits per heavy atom. The van der Waals surface area contributed by atoms with E-state index in [4.69, 9.17) is 15.0 Å². The van der Waals surface area contributed by atoms with Crippen LogP contribution in [0.2, 0.25) is 0 Å². The van der Waals surface area contributed by atoms with Gasteiger partial charge in [-0.2, -0.15) is 0 Å². The van der Waals surface area contributed by atoms with E-state index in [1.165, 1.54) is 60.6 Å². The molecule has 0 saturated heterocycles. The number of aromatic nitrogens is 4. The Hall–Kier alpha value is -7.43. The van der Waals surface area contributed by atoms with Crippen molar-refractivity contribution < 1.29 is 0 Å². The lowest BCUT2D eigenvalue weighted by atomic mass is 9.70. The van der Waals surface area contributed by atoms with Crippen molar-refractivity contribution in [1.29, 1.82) is 0 Å². The molecule has 13 rings (SSSR count). The minimum Gasteiger partial charge on any atom is -0.309 e. The van der Waals surface area contributed by atoms with Crippen LogP contribution in [0, 0.1) is 0 Å². The van der Waals surface area contributed by atoms with Crippen molar-refractivity contribution in [2.75, 3.05) is 0 Å². The van der Waals surface area contributed by atoms with E-state index in [9.17, 15) is 0 Å². The third-order valence-corrected chi connectivity index (χ3v) is 12.8. The number of nitrogens with zero attached hydrogens (tertiary/aromatic N) is 4. The molecule has 3 aliphatic rings. The van der Waals surface area contributed by atoms with Gasteiger partial charge in [-0.15, -0.1) is 0 Å². The summed E-state index contributed by atoms with van der Waals surface area (Å²) in [7, 11) is 0. The second kappa shape index (κ2) is 11.8. The van der Waals surface area contributed by atoms with Gasteiger partial charge in [0.1, 0.15) is 0 Å². The minimum atomic E-state index is -0.439. The molecule has 3 aliphatic carbocycles. The Labute approximate surface area is 335 Å². The van der Waals surface area contributed by atoms with E-state index in [0.29, 0.717) is 17.5 Å². The van der Waals surface area contributed by atoms with Crippen molar-refractivity contribution >= 4 is 48.9 Å². The molecule has 0 radical (unpaired) electrons. The van der Waals surface area contributed by atoms with E-state index in [0.717, 1.165) is 51.3 Å². The summed E-state index contributed by atoms with van der Waals surface area (Å²) in [6.07, 6.45) is 8.59. The highest BCUT2D eigenvalue weighted by Gasteiger charge is 2.51. The van der Waals surface area contributed by atoms with Crippen molar-refractivity contribution in [2.24, 2.45) is 0 Å². The van der Waals surface area contributed by atoms with Crippen LogP contribution >= 0.6 is 0 Å². The average Bonchev–Trinajstić information content (AvgIpc) is 3.91. The van der Waals surface area contributed by atoms with Gasteiger partial charge in [-0.3, -0.25) is 0 Å². The molecule has 270 valence electrons. The molecule has 0 saturated carbocycles. The monoisotopic (exact) mass is 738 g/mol. The van der Waals surface area contributed by atoms with Crippen molar-refractivity contribution in [1.82, 2.24) is 19.5 Å². The molecule has 10 aromatic rings. The predicted octanol–water partition coefficient (Wildman–Crippen LogP) is 13.0. The molecule has 0 amide bonds. The van der Waals surface area contributed by atoms with Crippen LogP contribution in [-0.2, 0) is 5.41 Å². The van der Waals surface area contributed by atoms with Gasteiger partial charge in [0, 0.05) is 33.0 Å². The van der Waals surface area contributed by atoms with Gasteiger partial charge in [-0.1, -0.05) is 164 Å². The van der Waals surface area contributed by atoms with Crippen molar-refractivity contribution in [3.63, 3.8) is 0 Å². The van der Waals surface area contributed by atoms with E-state index in [1.54, 1.807) is 0 Å². The third-order valence-electron chi connectivity index (χ3n) is 12.8. The van der Waals surface area contributed by atoms with E-state index < -0.39 is 5.41 Å². The lowest BCUT2D eigenvalue weighted by molar-refractivity contribution is 0.796. The second-order valence-corrected chi connectivity index (χ2v) is 15.7. The molecule has 8 aromatic carbocycles. The molecular formula is C54H34N4. The summed E-state index contributed by atoms with van der Waals surface area (Å²) in [6, 6.07) is 60.1. The van der Waals surface area contributed by atoms with Crippen LogP contribution in [0.3, 0.4) is 0 Å². The molecule has 2 heterocycles. The highest BCUT2D eigenvalue weighted by Crippen LogP contribution is 2.63. The summed E-state index contributed by atoms with van der Waals surface area (Å²) in [6.45, 7) is 0. The molecule has 58 heavy (non-hydrogen) atoms. The number of fused-ring (bicyclic) bond motifs is 10. The lowest BCUT2D eigenvalue weighted by Crippen LogP contribution is -2.26. The smallest absolute Gasteiger partial charge is 0.164 e. The largest absolute Gasteiger partial charge is 0.309 e. The van der Waals surface area contributed by atoms with Gasteiger partial charge >= 0.3 is 0 Å². The van der Waals surface area contributed by atoms with Gasteiger partial charge in [0.15, 0.2) is 17.5 Å². The first kappa shape index (κ1) is 31.7. The SMILES string of the molecule is C1=CC(c2nc(-c3ccccc3)nc(-c3cccc4c3c3ccccc3n4-c3cccc4c3-c3ccccc3C43c4cccc5ccc6cccc3c6c45)n2)=CCC1. The van der Waals surface area contributed by atoms with E-state index >= 15 is 0 Å². The second-order valence-electron chi connectivity index (χ2n) is 15.7. The summed E-state index contributed by atoms with van der Waals surface area (Å²) in [5.41, 5.74) is 13.9. The Morgan fingerprint density at radius 3 is 1.90 bits per heavy atom. The van der Waals surface area contributed by atoms with Crippen molar-refractivity contribution in [3.05, 3.63) is 210 Å². The van der Waals surface area contributed by atoms with Gasteiger partial charge < -0.3 is 4.57 Å². The Kier molecular flexibility index (Phi) is 6.45. The van der Waals surface area contributed by atoms with Gasteiger partial charge in [0.05, 0.1) is 22.1 Å². The fraction of sp³-hybridized carbons (Fsp3) is 0.0556. The van der Waals surface area contributed by atoms with Crippen molar-refractivity contribution in [2.45, 2.75) is 18.3 Å². The first-order valence-corrected chi connectivity index (χ1v) is 20.2. The molecule has 0 bridgehead atoms. The molecule has 0 atom stereocenters. The highest BCUT2D eigenvalue weighted by molar-refractivity contribution is 6.19. The molecular weight excluding hydrogens is 705 g/mol. The highest BCUT2D eigenvalue weighted by atomic mass is 15.0. The number of allylic oxidation sites excluding steroid dienone is 4. The summed E-state index contributed by atoms with van der Waals surface area (Å²) in [5, 5.41) is 7.61. The fourth-order valence-corrected chi connectivity index (χ4v) is 10.6. The maximum absolute atomic E-state index is 5.23. The van der Waals surface area contributed by atoms with E-state index in [2.05, 4.69) is 168 Å². The zero-order valence-corrected chi connectivity index (χ0v) is 31.5. The normalized spacial score (nSPS) is 14.6. The molecule has 0 fully saturated rings. The quantitative estimate of drug-likeness (QED) is 0.169. The van der Waals surface area contributed by atoms with E-state index in [-0.39, 0.29) is 0 Å². The van der Waals surface area contributed by atoms with Gasteiger partial charge in [-0.25, -0.2) is 15.0 Å². The van der Waals surface area contributed by atoms with Gasteiger partial charge in [-0.05, 0) is 80.4 Å². The summed E-state index contributed by atoms with van der Waals surface area (Å²) < 4.78 is 2.48. The first-order valence-electron chi connectivity index (χ1n) is 20.2. The van der Waals surface area contributed by atoms with Crippen LogP contribution in [0.25, 0.3) is 88.5 Å². The summed E-state index contributed by atoms with van der Waals surface area (Å²) >= 11 is 0. The third kappa shape index (κ3) is 4.11. The molecule has 1 spiro atoms. The predicted molar refractivity (Wildman–Crippen MR) is 237 cm³/mol. The van der Waals surface area contributed by atoms with Crippen LogP contribution < -0.4 is 0 Å². The Morgan fingerprint density at radius 2 is 1.09 bits per heavy atom. The van der Waals surface area contributed by atoms with Gasteiger partial charge in [0.2, 0.25) is 0 Å². The van der Waals surface area contributed by atoms with Crippen LogP contribution in [-0.4, -0.2) is 19.5 Å². The standard InChI is InChI=1S/C54H34N4/c1-3-15-35(16-4-1)51-55-52(36-17-5-2-6-18-36)57-53(56-51)39-23-13-29-45-49(39)38-22-8-10-28-44(38)58(45)46-30-14-27-43-50(46)37-21-7-9-24-40(37)54(43)41-25-11-19-33-31-32-34-20-12-26-42(54)48(34)47(33)41/h1,3-5,7-32H,2,6H2.